The van der Waals surface area contributed by atoms with E-state index in [1.807, 2.05) is 48.5 Å². The zero-order valence-corrected chi connectivity index (χ0v) is 15.6. The third-order valence-electron chi connectivity index (χ3n) is 1.70. The monoisotopic (exact) mass is 330 g/mol. The van der Waals surface area contributed by atoms with Gasteiger partial charge < -0.3 is 0 Å². The first kappa shape index (κ1) is 25.3. The molecule has 0 aliphatic heterocycles. The van der Waals surface area contributed by atoms with Crippen LogP contribution in [0.25, 0.3) is 0 Å². The zero-order valence-electron chi connectivity index (χ0n) is 14.9. The smallest absolute Gasteiger partial charge is 0.162 e. The molecule has 0 aliphatic carbocycles. The summed E-state index contributed by atoms with van der Waals surface area (Å²) in [5.74, 6) is -0.354. The summed E-state index contributed by atoms with van der Waals surface area (Å²) < 4.78 is 12.2. The number of aryl methyl sites for hydroxylation is 2. The maximum atomic E-state index is 12.2. The van der Waals surface area contributed by atoms with Crippen LogP contribution >= 0.6 is 11.6 Å². The van der Waals surface area contributed by atoms with Crippen molar-refractivity contribution < 1.29 is 4.39 Å². The second kappa shape index (κ2) is 19.4. The number of rotatable bonds is 0. The van der Waals surface area contributed by atoms with Crippen LogP contribution < -0.4 is 0 Å². The Hall–Kier alpha value is -1.62. The zero-order chi connectivity index (χ0) is 18.0. The van der Waals surface area contributed by atoms with Crippen LogP contribution in [0, 0.1) is 19.7 Å². The summed E-state index contributed by atoms with van der Waals surface area (Å²) in [6.45, 7) is 15.4. The molecule has 0 unspecified atom stereocenters. The first-order valence-corrected chi connectivity index (χ1v) is 7.83. The van der Waals surface area contributed by atoms with Gasteiger partial charge in [-0.25, -0.2) is 24.3 Å². The van der Waals surface area contributed by atoms with Gasteiger partial charge >= 0.3 is 0 Å². The van der Waals surface area contributed by atoms with E-state index in [9.17, 15) is 4.39 Å². The maximum Gasteiger partial charge on any atom is 0.162 e. The highest BCUT2D eigenvalue weighted by atomic mass is 35.5. The number of aromatic nitrogens is 4. The summed E-state index contributed by atoms with van der Waals surface area (Å²) in [6.07, 6.45) is 5.51. The quantitative estimate of drug-likeness (QED) is 0.645. The third-order valence-corrected chi connectivity index (χ3v) is 2.07. The number of hydrogen-bond acceptors (Lipinski definition) is 4. The molecule has 0 aromatic carbocycles. The van der Waals surface area contributed by atoms with Gasteiger partial charge in [0.25, 0.3) is 0 Å². The fourth-order valence-corrected chi connectivity index (χ4v) is 0.853. The summed E-state index contributed by atoms with van der Waals surface area (Å²) in [4.78, 5) is 14.6. The summed E-state index contributed by atoms with van der Waals surface area (Å²) in [6, 6.07) is 0. The van der Waals surface area contributed by atoms with Crippen molar-refractivity contribution >= 4 is 11.6 Å². The molecule has 2 aromatic heterocycles. The molecule has 0 amide bonds. The minimum absolute atomic E-state index is 0.354. The lowest BCUT2D eigenvalue weighted by Gasteiger charge is -1.89. The molecule has 0 radical (unpaired) electrons. The van der Waals surface area contributed by atoms with Gasteiger partial charge in [-0.15, -0.1) is 0 Å². The normalized spacial score (nSPS) is 7.55. The van der Waals surface area contributed by atoms with Crippen LogP contribution in [0.5, 0.6) is 0 Å². The molecule has 2 aromatic rings. The lowest BCUT2D eigenvalue weighted by atomic mass is 10.4. The lowest BCUT2D eigenvalue weighted by molar-refractivity contribution is 0.601. The van der Waals surface area contributed by atoms with E-state index in [4.69, 9.17) is 11.6 Å². The van der Waals surface area contributed by atoms with Gasteiger partial charge in [0, 0.05) is 6.20 Å². The van der Waals surface area contributed by atoms with Crippen molar-refractivity contribution in [2.75, 3.05) is 0 Å². The molecular formula is C16H28ClFN4. The molecular weight excluding hydrogens is 303 g/mol. The van der Waals surface area contributed by atoms with Gasteiger partial charge in [-0.3, -0.25) is 0 Å². The van der Waals surface area contributed by atoms with Crippen LogP contribution in [0.3, 0.4) is 0 Å². The Morgan fingerprint density at radius 2 is 1.18 bits per heavy atom. The average Bonchev–Trinajstić information content (AvgIpc) is 2.59. The summed E-state index contributed by atoms with van der Waals surface area (Å²) >= 11 is 5.58. The van der Waals surface area contributed by atoms with E-state index in [-0.39, 0.29) is 5.82 Å². The van der Waals surface area contributed by atoms with Gasteiger partial charge in [0.05, 0.1) is 22.6 Å². The minimum Gasteiger partial charge on any atom is -0.243 e. The molecule has 126 valence electrons. The molecule has 2 heterocycles. The van der Waals surface area contributed by atoms with E-state index in [0.29, 0.717) is 10.7 Å². The van der Waals surface area contributed by atoms with Crippen LogP contribution in [-0.4, -0.2) is 19.9 Å². The molecule has 6 heteroatoms. The molecule has 4 nitrogen and oxygen atoms in total. The van der Waals surface area contributed by atoms with Gasteiger partial charge in [-0.05, 0) is 13.8 Å². The van der Waals surface area contributed by atoms with Crippen LogP contribution in [0.4, 0.5) is 4.39 Å². The second-order valence-electron chi connectivity index (χ2n) is 2.91. The molecule has 0 atom stereocenters. The number of halogens is 2. The topological polar surface area (TPSA) is 51.6 Å². The summed E-state index contributed by atoms with van der Waals surface area (Å²) in [5, 5.41) is 0.618. The second-order valence-corrected chi connectivity index (χ2v) is 3.32. The van der Waals surface area contributed by atoms with Crippen LogP contribution in [-0.2, 0) is 0 Å². The van der Waals surface area contributed by atoms with Gasteiger partial charge in [0.2, 0.25) is 0 Å². The van der Waals surface area contributed by atoms with Crippen molar-refractivity contribution in [3.8, 4) is 0 Å². The summed E-state index contributed by atoms with van der Waals surface area (Å²) in [5.41, 5.74) is 1.21. The Balaban J connectivity index is -0.000000246. The van der Waals surface area contributed by atoms with E-state index < -0.39 is 0 Å². The van der Waals surface area contributed by atoms with Crippen molar-refractivity contribution in [2.24, 2.45) is 0 Å². The van der Waals surface area contributed by atoms with Crippen molar-refractivity contribution in [3.05, 3.63) is 47.3 Å². The van der Waals surface area contributed by atoms with Crippen LogP contribution in [0.2, 0.25) is 5.02 Å². The Labute approximate surface area is 139 Å². The highest BCUT2D eigenvalue weighted by molar-refractivity contribution is 6.31. The van der Waals surface area contributed by atoms with E-state index in [1.54, 1.807) is 13.1 Å². The Bertz CT molecular complexity index is 382. The van der Waals surface area contributed by atoms with Crippen LogP contribution in [0.1, 0.15) is 52.9 Å². The predicted octanol–water partition coefficient (Wildman–Crippen LogP) is 5.44. The van der Waals surface area contributed by atoms with Crippen LogP contribution in [0.15, 0.2) is 25.0 Å². The third kappa shape index (κ3) is 13.4. The van der Waals surface area contributed by atoms with Gasteiger partial charge in [-0.2, -0.15) is 0 Å². The predicted molar refractivity (Wildman–Crippen MR) is 92.6 cm³/mol. The van der Waals surface area contributed by atoms with Gasteiger partial charge in [0.1, 0.15) is 12.7 Å². The molecule has 0 saturated carbocycles. The van der Waals surface area contributed by atoms with Crippen molar-refractivity contribution in [1.29, 1.82) is 0 Å². The fraction of sp³-hybridized carbons (Fsp3) is 0.500. The number of hydrogen-bond donors (Lipinski definition) is 0. The molecule has 22 heavy (non-hydrogen) atoms. The van der Waals surface area contributed by atoms with E-state index >= 15 is 0 Å². The molecule has 0 saturated heterocycles. The first-order chi connectivity index (χ1) is 10.6. The SMILES string of the molecule is CC.CC.CC.Cc1ncncc1Cl.Cc1ncncc1F. The maximum absolute atomic E-state index is 12.2. The standard InChI is InChI=1S/C5H5ClN2.C5H5FN2.3C2H6/c2*1-4-5(6)2-7-3-8-4;3*1-2/h2*2-3H,1H3;3*1-2H3. The molecule has 0 spiro atoms. The van der Waals surface area contributed by atoms with E-state index in [1.165, 1.54) is 12.7 Å². The molecule has 0 fully saturated rings. The highest BCUT2D eigenvalue weighted by Gasteiger charge is 1.91. The summed E-state index contributed by atoms with van der Waals surface area (Å²) in [7, 11) is 0. The molecule has 0 N–H and O–H groups in total. The van der Waals surface area contributed by atoms with Gasteiger partial charge in [-0.1, -0.05) is 53.1 Å². The Morgan fingerprint density at radius 1 is 0.773 bits per heavy atom. The van der Waals surface area contributed by atoms with Crippen molar-refractivity contribution in [3.63, 3.8) is 0 Å². The largest absolute Gasteiger partial charge is 0.243 e. The minimum atomic E-state index is -0.354. The number of nitrogens with zero attached hydrogens (tertiary/aromatic N) is 4. The van der Waals surface area contributed by atoms with E-state index in [2.05, 4.69) is 19.9 Å². The fourth-order valence-electron chi connectivity index (χ4n) is 0.748. The lowest BCUT2D eigenvalue weighted by Crippen LogP contribution is -1.86. The van der Waals surface area contributed by atoms with E-state index in [0.717, 1.165) is 11.9 Å². The molecule has 0 aliphatic rings. The van der Waals surface area contributed by atoms with Gasteiger partial charge in [0.15, 0.2) is 5.82 Å². The van der Waals surface area contributed by atoms with Crippen molar-refractivity contribution in [2.45, 2.75) is 55.4 Å². The molecule has 2 rings (SSSR count). The Kier molecular flexibility index (Phi) is 22.3. The molecule has 0 bridgehead atoms. The highest BCUT2D eigenvalue weighted by Crippen LogP contribution is 2.07. The Morgan fingerprint density at radius 3 is 1.41 bits per heavy atom. The average molecular weight is 331 g/mol. The van der Waals surface area contributed by atoms with Crippen molar-refractivity contribution in [1.82, 2.24) is 19.9 Å². The first-order valence-electron chi connectivity index (χ1n) is 7.45.